The molecule has 3 rings (SSSR count). The van der Waals surface area contributed by atoms with Gasteiger partial charge in [-0.2, -0.15) is 11.8 Å². The number of methoxy groups -OCH3 is 3. The molecule has 29 heavy (non-hydrogen) atoms. The Morgan fingerprint density at radius 3 is 2.45 bits per heavy atom. The summed E-state index contributed by atoms with van der Waals surface area (Å²) in [7, 11) is 4.71. The smallest absolute Gasteiger partial charge is 0.244 e. The van der Waals surface area contributed by atoms with Crippen molar-refractivity contribution in [2.75, 3.05) is 65.7 Å². The third-order valence-corrected chi connectivity index (χ3v) is 6.70. The molecule has 1 amide bonds. The number of hydrogen-bond donors (Lipinski definition) is 1. The second-order valence-electron chi connectivity index (χ2n) is 7.14. The number of rotatable bonds is 8. The highest BCUT2D eigenvalue weighted by Crippen LogP contribution is 2.38. The van der Waals surface area contributed by atoms with Crippen LogP contribution < -0.4 is 19.5 Å². The van der Waals surface area contributed by atoms with Gasteiger partial charge in [0.25, 0.3) is 0 Å². The van der Waals surface area contributed by atoms with Crippen molar-refractivity contribution in [3.63, 3.8) is 0 Å². The van der Waals surface area contributed by atoms with Gasteiger partial charge >= 0.3 is 0 Å². The van der Waals surface area contributed by atoms with Gasteiger partial charge < -0.3 is 24.3 Å². The molecule has 0 aromatic heterocycles. The first-order valence-corrected chi connectivity index (χ1v) is 10.9. The average molecular weight is 423 g/mol. The minimum Gasteiger partial charge on any atom is -0.493 e. The monoisotopic (exact) mass is 422 g/mol. The zero-order valence-electron chi connectivity index (χ0n) is 17.4. The van der Waals surface area contributed by atoms with Gasteiger partial charge in [0, 0.05) is 37.0 Å². The summed E-state index contributed by atoms with van der Waals surface area (Å²) in [5.74, 6) is 3.71. The minimum absolute atomic E-state index is 0.0322. The SMILES string of the molecule is COc1cc(/C=C/C(=O)NCC2(N3CCOCC3)CCSC2)cc(OC)c1OC. The Bertz CT molecular complexity index is 703. The summed E-state index contributed by atoms with van der Waals surface area (Å²) in [5.41, 5.74) is 0.832. The number of benzene rings is 1. The van der Waals surface area contributed by atoms with Crippen LogP contribution in [-0.4, -0.2) is 82.0 Å². The van der Waals surface area contributed by atoms with E-state index in [9.17, 15) is 4.79 Å². The van der Waals surface area contributed by atoms with E-state index in [4.69, 9.17) is 18.9 Å². The van der Waals surface area contributed by atoms with Crippen LogP contribution in [0.25, 0.3) is 6.08 Å². The Balaban J connectivity index is 1.64. The van der Waals surface area contributed by atoms with Crippen LogP contribution in [0.5, 0.6) is 17.2 Å². The lowest BCUT2D eigenvalue weighted by molar-refractivity contribution is -0.117. The van der Waals surface area contributed by atoms with Gasteiger partial charge in [-0.3, -0.25) is 9.69 Å². The predicted octanol–water partition coefficient (Wildman–Crippen LogP) is 2.05. The molecule has 2 fully saturated rings. The fourth-order valence-corrected chi connectivity index (χ4v) is 5.29. The van der Waals surface area contributed by atoms with Gasteiger partial charge in [-0.1, -0.05) is 0 Å². The summed E-state index contributed by atoms with van der Waals surface area (Å²) < 4.78 is 21.6. The van der Waals surface area contributed by atoms with Crippen LogP contribution >= 0.6 is 11.8 Å². The average Bonchev–Trinajstić information content (AvgIpc) is 3.26. The number of nitrogens with zero attached hydrogens (tertiary/aromatic N) is 1. The Kier molecular flexibility index (Phi) is 7.69. The van der Waals surface area contributed by atoms with Crippen molar-refractivity contribution < 1.29 is 23.7 Å². The van der Waals surface area contributed by atoms with Crippen molar-refractivity contribution in [3.8, 4) is 17.2 Å². The summed E-state index contributed by atoms with van der Waals surface area (Å²) in [6.45, 7) is 4.04. The molecule has 1 aromatic carbocycles. The van der Waals surface area contributed by atoms with Gasteiger partial charge in [0.15, 0.2) is 11.5 Å². The van der Waals surface area contributed by atoms with E-state index < -0.39 is 0 Å². The van der Waals surface area contributed by atoms with Crippen molar-refractivity contribution in [2.45, 2.75) is 12.0 Å². The van der Waals surface area contributed by atoms with Gasteiger partial charge in [0.2, 0.25) is 11.7 Å². The van der Waals surface area contributed by atoms with Crippen LogP contribution in [0.1, 0.15) is 12.0 Å². The van der Waals surface area contributed by atoms with Gasteiger partial charge in [-0.15, -0.1) is 0 Å². The number of nitrogens with one attached hydrogen (secondary N) is 1. The Morgan fingerprint density at radius 2 is 1.90 bits per heavy atom. The van der Waals surface area contributed by atoms with E-state index in [2.05, 4.69) is 10.2 Å². The van der Waals surface area contributed by atoms with Crippen molar-refractivity contribution in [1.82, 2.24) is 10.2 Å². The summed E-state index contributed by atoms with van der Waals surface area (Å²) in [4.78, 5) is 15.0. The van der Waals surface area contributed by atoms with E-state index in [0.29, 0.717) is 23.8 Å². The topological polar surface area (TPSA) is 69.3 Å². The standard InChI is InChI=1S/C21H30N2O5S/c1-25-17-12-16(13-18(26-2)20(17)27-3)4-5-19(24)22-14-21(6-11-29-15-21)23-7-9-28-10-8-23/h4-5,12-13H,6-11,14-15H2,1-3H3,(H,22,24)/b5-4+. The molecule has 0 bridgehead atoms. The molecule has 0 aliphatic carbocycles. The van der Waals surface area contributed by atoms with Gasteiger partial charge in [0.05, 0.1) is 34.5 Å². The highest BCUT2D eigenvalue weighted by Gasteiger charge is 2.40. The lowest BCUT2D eigenvalue weighted by atomic mass is 9.95. The molecule has 2 aliphatic heterocycles. The number of hydrogen-bond acceptors (Lipinski definition) is 7. The Hall–Kier alpha value is -1.90. The van der Waals surface area contributed by atoms with Crippen LogP contribution in [-0.2, 0) is 9.53 Å². The Labute approximate surface area is 176 Å². The first-order chi connectivity index (χ1) is 14.1. The second-order valence-corrected chi connectivity index (χ2v) is 8.24. The number of carbonyl (C=O) groups excluding carboxylic acids is 1. The van der Waals surface area contributed by atoms with Crippen LogP contribution in [0.2, 0.25) is 0 Å². The first-order valence-electron chi connectivity index (χ1n) is 9.78. The molecule has 1 N–H and O–H groups in total. The maximum atomic E-state index is 12.5. The van der Waals surface area contributed by atoms with Gasteiger partial charge in [-0.25, -0.2) is 0 Å². The lowest BCUT2D eigenvalue weighted by Crippen LogP contribution is -2.59. The zero-order valence-corrected chi connectivity index (χ0v) is 18.2. The number of carbonyl (C=O) groups is 1. The number of amides is 1. The van der Waals surface area contributed by atoms with Crippen molar-refractivity contribution in [3.05, 3.63) is 23.8 Å². The molecule has 2 heterocycles. The zero-order chi connectivity index (χ0) is 20.7. The van der Waals surface area contributed by atoms with Crippen LogP contribution in [0.3, 0.4) is 0 Å². The van der Waals surface area contributed by atoms with E-state index in [1.807, 2.05) is 23.9 Å². The quantitative estimate of drug-likeness (QED) is 0.643. The van der Waals surface area contributed by atoms with E-state index >= 15 is 0 Å². The molecule has 0 radical (unpaired) electrons. The molecule has 8 heteroatoms. The maximum Gasteiger partial charge on any atom is 0.244 e. The molecule has 2 aliphatic rings. The largest absolute Gasteiger partial charge is 0.493 e. The van der Waals surface area contributed by atoms with E-state index in [1.54, 1.807) is 33.5 Å². The van der Waals surface area contributed by atoms with E-state index in [1.165, 1.54) is 0 Å². The molecule has 7 nitrogen and oxygen atoms in total. The number of thioether (sulfide) groups is 1. The summed E-state index contributed by atoms with van der Waals surface area (Å²) in [6, 6.07) is 3.63. The maximum absolute atomic E-state index is 12.5. The molecule has 0 spiro atoms. The van der Waals surface area contributed by atoms with Gasteiger partial charge in [-0.05, 0) is 35.9 Å². The van der Waals surface area contributed by atoms with Crippen molar-refractivity contribution in [2.24, 2.45) is 0 Å². The molecule has 1 atom stereocenters. The number of ether oxygens (including phenoxy) is 4. The Morgan fingerprint density at radius 1 is 1.21 bits per heavy atom. The third-order valence-electron chi connectivity index (χ3n) is 5.47. The van der Waals surface area contributed by atoms with Crippen molar-refractivity contribution in [1.29, 1.82) is 0 Å². The van der Waals surface area contributed by atoms with Gasteiger partial charge in [0.1, 0.15) is 0 Å². The lowest BCUT2D eigenvalue weighted by Gasteiger charge is -2.42. The first kappa shape index (κ1) is 21.8. The van der Waals surface area contributed by atoms with Crippen LogP contribution in [0, 0.1) is 0 Å². The summed E-state index contributed by atoms with van der Waals surface area (Å²) in [6.07, 6.45) is 4.40. The van der Waals surface area contributed by atoms with Crippen molar-refractivity contribution >= 4 is 23.7 Å². The highest BCUT2D eigenvalue weighted by atomic mass is 32.2. The fraction of sp³-hybridized carbons (Fsp3) is 0.571. The second kappa shape index (κ2) is 10.2. The van der Waals surface area contributed by atoms with E-state index in [0.717, 1.165) is 49.8 Å². The molecular weight excluding hydrogens is 392 g/mol. The fourth-order valence-electron chi connectivity index (χ4n) is 3.81. The summed E-state index contributed by atoms with van der Waals surface area (Å²) >= 11 is 1.96. The predicted molar refractivity (Wildman–Crippen MR) is 115 cm³/mol. The van der Waals surface area contributed by atoms with Crippen LogP contribution in [0.4, 0.5) is 0 Å². The third kappa shape index (κ3) is 5.18. The molecule has 160 valence electrons. The van der Waals surface area contributed by atoms with E-state index in [-0.39, 0.29) is 11.4 Å². The summed E-state index contributed by atoms with van der Waals surface area (Å²) in [5, 5.41) is 3.10. The molecule has 2 saturated heterocycles. The molecular formula is C21H30N2O5S. The number of morpholine rings is 1. The molecule has 0 saturated carbocycles. The van der Waals surface area contributed by atoms with Crippen LogP contribution in [0.15, 0.2) is 18.2 Å². The minimum atomic E-state index is -0.108. The highest BCUT2D eigenvalue weighted by molar-refractivity contribution is 7.99. The molecule has 1 aromatic rings. The normalized spacial score (nSPS) is 22.6. The molecule has 1 unspecified atom stereocenters.